The first-order valence-corrected chi connectivity index (χ1v) is 14.6. The molecule has 0 fully saturated rings. The first-order chi connectivity index (χ1) is 16.2. The molecule has 194 valence electrons. The maximum atomic E-state index is 5.97. The summed E-state index contributed by atoms with van der Waals surface area (Å²) in [5.74, 6) is 3.19. The monoisotopic (exact) mass is 484 g/mol. The molecule has 0 saturated heterocycles. The molecule has 2 atom stereocenters. The van der Waals surface area contributed by atoms with Crippen LogP contribution in [0.15, 0.2) is 10.8 Å². The Kier molecular flexibility index (Phi) is 19.9. The van der Waals surface area contributed by atoms with E-state index >= 15 is 0 Å². The second-order valence-corrected chi connectivity index (χ2v) is 10.3. The molecule has 0 radical (unpaired) electrons. The van der Waals surface area contributed by atoms with Crippen molar-refractivity contribution in [3.05, 3.63) is 10.8 Å². The molecule has 0 aliphatic rings. The van der Waals surface area contributed by atoms with Gasteiger partial charge in [-0.05, 0) is 37.5 Å². The van der Waals surface area contributed by atoms with Crippen molar-refractivity contribution < 1.29 is 18.9 Å². The smallest absolute Gasteiger partial charge is 0.171 e. The van der Waals surface area contributed by atoms with Crippen molar-refractivity contribution in [1.29, 1.82) is 0 Å². The summed E-state index contributed by atoms with van der Waals surface area (Å²) < 4.78 is 23.4. The minimum atomic E-state index is 0.683. The van der Waals surface area contributed by atoms with Gasteiger partial charge in [-0.25, -0.2) is 0 Å². The van der Waals surface area contributed by atoms with Gasteiger partial charge < -0.3 is 18.9 Å². The van der Waals surface area contributed by atoms with Gasteiger partial charge in [-0.1, -0.05) is 79.1 Å². The lowest BCUT2D eigenvalue weighted by atomic mass is 10.1. The SMILES string of the molecule is CC[C@H](C)COCCCCCCCOc1cscc1OCCCCCCCOC[C@@H](C)CC. The van der Waals surface area contributed by atoms with Crippen molar-refractivity contribution in [2.45, 2.75) is 105 Å². The highest BCUT2D eigenvalue weighted by atomic mass is 32.1. The first kappa shape index (κ1) is 30.3. The predicted octanol–water partition coefficient (Wildman–Crippen LogP) is 8.53. The lowest BCUT2D eigenvalue weighted by Crippen LogP contribution is -2.05. The summed E-state index contributed by atoms with van der Waals surface area (Å²) in [6.45, 7) is 14.1. The number of thiophene rings is 1. The number of hydrogen-bond donors (Lipinski definition) is 0. The van der Waals surface area contributed by atoms with Crippen LogP contribution in [0.2, 0.25) is 0 Å². The summed E-state index contributed by atoms with van der Waals surface area (Å²) in [6.07, 6.45) is 14.4. The Morgan fingerprint density at radius 3 is 1.33 bits per heavy atom. The highest BCUT2D eigenvalue weighted by Crippen LogP contribution is 2.32. The van der Waals surface area contributed by atoms with Crippen molar-refractivity contribution in [1.82, 2.24) is 0 Å². The lowest BCUT2D eigenvalue weighted by molar-refractivity contribution is 0.0999. The van der Waals surface area contributed by atoms with Gasteiger partial charge in [0, 0.05) is 37.2 Å². The van der Waals surface area contributed by atoms with E-state index in [0.29, 0.717) is 11.8 Å². The van der Waals surface area contributed by atoms with Gasteiger partial charge >= 0.3 is 0 Å². The quantitative estimate of drug-likeness (QED) is 0.138. The molecule has 4 nitrogen and oxygen atoms in total. The molecule has 0 amide bonds. The summed E-state index contributed by atoms with van der Waals surface area (Å²) >= 11 is 1.65. The van der Waals surface area contributed by atoms with Crippen LogP contribution < -0.4 is 9.47 Å². The minimum absolute atomic E-state index is 0.683. The molecule has 0 aliphatic carbocycles. The van der Waals surface area contributed by atoms with Crippen LogP contribution in [-0.2, 0) is 9.47 Å². The highest BCUT2D eigenvalue weighted by molar-refractivity contribution is 7.08. The number of unbranched alkanes of at least 4 members (excludes halogenated alkanes) is 8. The van der Waals surface area contributed by atoms with Crippen molar-refractivity contribution in [3.63, 3.8) is 0 Å². The van der Waals surface area contributed by atoms with Crippen molar-refractivity contribution in [2.24, 2.45) is 11.8 Å². The molecular formula is C28H52O4S. The van der Waals surface area contributed by atoms with E-state index < -0.39 is 0 Å². The highest BCUT2D eigenvalue weighted by Gasteiger charge is 2.06. The van der Waals surface area contributed by atoms with E-state index in [2.05, 4.69) is 38.5 Å². The van der Waals surface area contributed by atoms with Crippen LogP contribution in [0, 0.1) is 11.8 Å². The fourth-order valence-electron chi connectivity index (χ4n) is 3.33. The van der Waals surface area contributed by atoms with Gasteiger partial charge in [0.15, 0.2) is 11.5 Å². The third-order valence-corrected chi connectivity index (χ3v) is 6.87. The summed E-state index contributed by atoms with van der Waals surface area (Å²) in [7, 11) is 0. The van der Waals surface area contributed by atoms with Crippen LogP contribution in [0.25, 0.3) is 0 Å². The van der Waals surface area contributed by atoms with Crippen LogP contribution in [-0.4, -0.2) is 39.6 Å². The van der Waals surface area contributed by atoms with Crippen LogP contribution in [0.4, 0.5) is 0 Å². The van der Waals surface area contributed by atoms with E-state index in [1.54, 1.807) is 11.3 Å². The molecule has 0 N–H and O–H groups in total. The topological polar surface area (TPSA) is 36.9 Å². The van der Waals surface area contributed by atoms with E-state index in [-0.39, 0.29) is 0 Å². The van der Waals surface area contributed by atoms with Crippen LogP contribution in [0.3, 0.4) is 0 Å². The van der Waals surface area contributed by atoms with Gasteiger partial charge in [-0.3, -0.25) is 0 Å². The maximum absolute atomic E-state index is 5.97. The molecular weight excluding hydrogens is 432 g/mol. The molecule has 33 heavy (non-hydrogen) atoms. The van der Waals surface area contributed by atoms with E-state index in [1.165, 1.54) is 64.2 Å². The molecule has 0 spiro atoms. The second-order valence-electron chi connectivity index (χ2n) is 9.51. The Labute approximate surface area is 208 Å². The van der Waals surface area contributed by atoms with Gasteiger partial charge in [0.25, 0.3) is 0 Å². The van der Waals surface area contributed by atoms with E-state index in [0.717, 1.165) is 64.0 Å². The van der Waals surface area contributed by atoms with Gasteiger partial charge in [0.2, 0.25) is 0 Å². The predicted molar refractivity (Wildman–Crippen MR) is 142 cm³/mol. The second kappa shape index (κ2) is 21.7. The number of hydrogen-bond acceptors (Lipinski definition) is 5. The van der Waals surface area contributed by atoms with Gasteiger partial charge in [-0.15, -0.1) is 11.3 Å². The standard InChI is InChI=1S/C28H52O4S/c1-5-25(3)21-29-17-13-9-7-11-15-19-31-27-23-33-24-28(27)32-20-16-12-8-10-14-18-30-22-26(4)6-2/h23-26H,5-22H2,1-4H3/t25-,26-/m0/s1. The molecule has 1 aromatic rings. The Bertz CT molecular complexity index is 489. The zero-order valence-corrected chi connectivity index (χ0v) is 22.9. The third-order valence-electron chi connectivity index (χ3n) is 6.17. The summed E-state index contributed by atoms with van der Waals surface area (Å²) in [6, 6.07) is 0. The molecule has 5 heteroatoms. The summed E-state index contributed by atoms with van der Waals surface area (Å²) in [4.78, 5) is 0. The van der Waals surface area contributed by atoms with Crippen LogP contribution >= 0.6 is 11.3 Å². The van der Waals surface area contributed by atoms with E-state index in [1.807, 2.05) is 0 Å². The number of ether oxygens (including phenoxy) is 4. The molecule has 1 rings (SSSR count). The van der Waals surface area contributed by atoms with Crippen molar-refractivity contribution in [3.8, 4) is 11.5 Å². The summed E-state index contributed by atoms with van der Waals surface area (Å²) in [5, 5.41) is 4.12. The largest absolute Gasteiger partial charge is 0.489 e. The Balaban J connectivity index is 1.92. The Morgan fingerprint density at radius 2 is 0.939 bits per heavy atom. The molecule has 0 aliphatic heterocycles. The fourth-order valence-corrected chi connectivity index (χ4v) is 4.01. The zero-order chi connectivity index (χ0) is 24.0. The first-order valence-electron chi connectivity index (χ1n) is 13.6. The average molecular weight is 485 g/mol. The summed E-state index contributed by atoms with van der Waals surface area (Å²) in [5.41, 5.74) is 0. The molecule has 1 heterocycles. The normalized spacial score (nSPS) is 13.2. The average Bonchev–Trinajstić information content (AvgIpc) is 3.28. The molecule has 0 bridgehead atoms. The van der Waals surface area contributed by atoms with Gasteiger partial charge in [0.05, 0.1) is 13.2 Å². The van der Waals surface area contributed by atoms with Crippen LogP contribution in [0.5, 0.6) is 11.5 Å². The Hall–Kier alpha value is -0.780. The van der Waals surface area contributed by atoms with E-state index in [9.17, 15) is 0 Å². The molecule has 0 saturated carbocycles. The fraction of sp³-hybridized carbons (Fsp3) is 0.857. The molecule has 1 aromatic heterocycles. The van der Waals surface area contributed by atoms with Gasteiger partial charge in [-0.2, -0.15) is 0 Å². The van der Waals surface area contributed by atoms with E-state index in [4.69, 9.17) is 18.9 Å². The van der Waals surface area contributed by atoms with Gasteiger partial charge in [0.1, 0.15) is 0 Å². The maximum Gasteiger partial charge on any atom is 0.171 e. The minimum Gasteiger partial charge on any atom is -0.489 e. The zero-order valence-electron chi connectivity index (χ0n) is 22.1. The Morgan fingerprint density at radius 1 is 0.576 bits per heavy atom. The van der Waals surface area contributed by atoms with Crippen molar-refractivity contribution >= 4 is 11.3 Å². The lowest BCUT2D eigenvalue weighted by Gasteiger charge is -2.10. The van der Waals surface area contributed by atoms with Crippen LogP contribution in [0.1, 0.15) is 105 Å². The molecule has 0 aromatic carbocycles. The third kappa shape index (κ3) is 17.3. The van der Waals surface area contributed by atoms with Crippen molar-refractivity contribution in [2.75, 3.05) is 39.6 Å². The molecule has 0 unspecified atom stereocenters. The number of rotatable bonds is 24.